The average Bonchev–Trinajstić information content (AvgIpc) is 2.94. The van der Waals surface area contributed by atoms with Gasteiger partial charge >= 0.3 is 5.97 Å². The fourth-order valence-corrected chi connectivity index (χ4v) is 3.10. The summed E-state index contributed by atoms with van der Waals surface area (Å²) in [7, 11) is 0. The number of fused-ring (bicyclic) bond motifs is 1. The van der Waals surface area contributed by atoms with Crippen LogP contribution in [-0.4, -0.2) is 18.5 Å². The van der Waals surface area contributed by atoms with Crippen LogP contribution in [0.1, 0.15) is 21.7 Å². The Kier molecular flexibility index (Phi) is 5.08. The normalized spacial score (nSPS) is 10.8. The number of furan rings is 1. The number of carbonyl (C=O) groups is 2. The molecule has 1 amide bonds. The number of para-hydroxylation sites is 1. The molecule has 0 bridgehead atoms. The van der Waals surface area contributed by atoms with Crippen LogP contribution in [0.5, 0.6) is 0 Å². The number of carbonyl (C=O) groups excluding carboxylic acids is 2. The van der Waals surface area contributed by atoms with Crippen molar-refractivity contribution in [2.75, 3.05) is 11.9 Å². The van der Waals surface area contributed by atoms with Gasteiger partial charge in [0.25, 0.3) is 5.91 Å². The van der Waals surface area contributed by atoms with Gasteiger partial charge in [0, 0.05) is 15.4 Å². The molecule has 2 aromatic carbocycles. The van der Waals surface area contributed by atoms with Gasteiger partial charge in [-0.1, -0.05) is 18.2 Å². The molecule has 0 spiro atoms. The van der Waals surface area contributed by atoms with E-state index in [1.807, 2.05) is 19.1 Å². The molecule has 0 radical (unpaired) electrons. The number of nitrogens with one attached hydrogen (secondary N) is 1. The van der Waals surface area contributed by atoms with Gasteiger partial charge in [0.05, 0.1) is 5.69 Å². The van der Waals surface area contributed by atoms with Gasteiger partial charge < -0.3 is 14.5 Å². The van der Waals surface area contributed by atoms with Crippen LogP contribution in [0.2, 0.25) is 0 Å². The summed E-state index contributed by atoms with van der Waals surface area (Å²) in [6, 6.07) is 9.86. The van der Waals surface area contributed by atoms with Gasteiger partial charge in [0.15, 0.2) is 18.0 Å². The van der Waals surface area contributed by atoms with Gasteiger partial charge in [-0.05, 0) is 53.5 Å². The summed E-state index contributed by atoms with van der Waals surface area (Å²) in [6.45, 7) is 3.07. The molecular formula is C19H15BrFNO4. The lowest BCUT2D eigenvalue weighted by atomic mass is 10.1. The zero-order chi connectivity index (χ0) is 18.8. The van der Waals surface area contributed by atoms with E-state index in [1.165, 1.54) is 12.1 Å². The lowest BCUT2D eigenvalue weighted by molar-refractivity contribution is -0.119. The van der Waals surface area contributed by atoms with E-state index in [0.29, 0.717) is 16.6 Å². The summed E-state index contributed by atoms with van der Waals surface area (Å²) in [6.07, 6.45) is 0. The SMILES string of the molecule is Cc1ccc(NC(=O)COC(=O)c2oc3c(F)cccc3c2C)c(Br)c1. The molecule has 26 heavy (non-hydrogen) atoms. The van der Waals surface area contributed by atoms with Crippen LogP contribution in [0.4, 0.5) is 10.1 Å². The third kappa shape index (κ3) is 3.62. The summed E-state index contributed by atoms with van der Waals surface area (Å²) >= 11 is 3.36. The topological polar surface area (TPSA) is 68.5 Å². The van der Waals surface area contributed by atoms with Crippen molar-refractivity contribution in [2.45, 2.75) is 13.8 Å². The molecule has 1 N–H and O–H groups in total. The third-order valence-corrected chi connectivity index (χ3v) is 4.49. The zero-order valence-corrected chi connectivity index (χ0v) is 15.6. The van der Waals surface area contributed by atoms with E-state index in [9.17, 15) is 14.0 Å². The smallest absolute Gasteiger partial charge is 0.375 e. The number of anilines is 1. The Labute approximate surface area is 157 Å². The minimum absolute atomic E-state index is 0.00927. The number of halogens is 2. The maximum atomic E-state index is 13.8. The monoisotopic (exact) mass is 419 g/mol. The lowest BCUT2D eigenvalue weighted by Gasteiger charge is -2.08. The predicted octanol–water partition coefficient (Wildman–Crippen LogP) is 4.75. The molecule has 0 aliphatic heterocycles. The molecule has 0 aliphatic carbocycles. The highest BCUT2D eigenvalue weighted by Crippen LogP contribution is 2.28. The molecule has 7 heteroatoms. The summed E-state index contributed by atoms with van der Waals surface area (Å²) in [5.41, 5.74) is 2.06. The molecule has 5 nitrogen and oxygen atoms in total. The van der Waals surface area contributed by atoms with Crippen LogP contribution in [0.3, 0.4) is 0 Å². The van der Waals surface area contributed by atoms with E-state index in [1.54, 1.807) is 19.1 Å². The second-order valence-corrected chi connectivity index (χ2v) is 6.63. The number of hydrogen-bond acceptors (Lipinski definition) is 4. The highest BCUT2D eigenvalue weighted by atomic mass is 79.9. The van der Waals surface area contributed by atoms with Crippen molar-refractivity contribution in [2.24, 2.45) is 0 Å². The number of hydrogen-bond donors (Lipinski definition) is 1. The Morgan fingerprint density at radius 1 is 1.23 bits per heavy atom. The standard InChI is InChI=1S/C19H15BrFNO4/c1-10-6-7-15(13(20)8-10)22-16(23)9-25-19(24)17-11(2)12-4-3-5-14(21)18(12)26-17/h3-8H,9H2,1-2H3,(H,22,23). The van der Waals surface area contributed by atoms with E-state index < -0.39 is 24.3 Å². The van der Waals surface area contributed by atoms with Crippen LogP contribution in [0.25, 0.3) is 11.0 Å². The third-order valence-electron chi connectivity index (χ3n) is 3.83. The molecule has 0 aliphatic rings. The first-order valence-electron chi connectivity index (χ1n) is 7.77. The van der Waals surface area contributed by atoms with Crippen molar-refractivity contribution in [1.82, 2.24) is 0 Å². The van der Waals surface area contributed by atoms with E-state index in [0.717, 1.165) is 10.0 Å². The van der Waals surface area contributed by atoms with E-state index in [4.69, 9.17) is 9.15 Å². The second kappa shape index (κ2) is 7.29. The Bertz CT molecular complexity index is 1010. The van der Waals surface area contributed by atoms with E-state index in [-0.39, 0.29) is 11.3 Å². The van der Waals surface area contributed by atoms with Crippen LogP contribution in [0, 0.1) is 19.7 Å². The predicted molar refractivity (Wildman–Crippen MR) is 98.7 cm³/mol. The molecule has 3 rings (SSSR count). The fraction of sp³-hybridized carbons (Fsp3) is 0.158. The van der Waals surface area contributed by atoms with Gasteiger partial charge in [-0.3, -0.25) is 4.79 Å². The molecule has 0 saturated carbocycles. The number of esters is 1. The van der Waals surface area contributed by atoms with Crippen molar-refractivity contribution in [1.29, 1.82) is 0 Å². The zero-order valence-electron chi connectivity index (χ0n) is 14.1. The maximum absolute atomic E-state index is 13.8. The van der Waals surface area contributed by atoms with Gasteiger partial charge in [-0.25, -0.2) is 9.18 Å². The first-order chi connectivity index (χ1) is 12.4. The summed E-state index contributed by atoms with van der Waals surface area (Å²) in [5, 5.41) is 3.13. The minimum Gasteiger partial charge on any atom is -0.450 e. The minimum atomic E-state index is -0.823. The number of aryl methyl sites for hydroxylation is 2. The van der Waals surface area contributed by atoms with Crippen molar-refractivity contribution in [3.05, 3.63) is 63.6 Å². The molecule has 1 aromatic heterocycles. The Morgan fingerprint density at radius 3 is 2.69 bits per heavy atom. The highest BCUT2D eigenvalue weighted by Gasteiger charge is 2.21. The van der Waals surface area contributed by atoms with E-state index in [2.05, 4.69) is 21.2 Å². The number of amides is 1. The molecular weight excluding hydrogens is 405 g/mol. The van der Waals surface area contributed by atoms with Crippen LogP contribution < -0.4 is 5.32 Å². The Balaban J connectivity index is 1.68. The fourth-order valence-electron chi connectivity index (χ4n) is 2.51. The number of benzene rings is 2. The largest absolute Gasteiger partial charge is 0.450 e. The van der Waals surface area contributed by atoms with Crippen LogP contribution >= 0.6 is 15.9 Å². The van der Waals surface area contributed by atoms with Crippen molar-refractivity contribution >= 4 is 44.5 Å². The van der Waals surface area contributed by atoms with E-state index >= 15 is 0 Å². The molecule has 1 heterocycles. The highest BCUT2D eigenvalue weighted by molar-refractivity contribution is 9.10. The maximum Gasteiger partial charge on any atom is 0.375 e. The quantitative estimate of drug-likeness (QED) is 0.619. The van der Waals surface area contributed by atoms with Crippen molar-refractivity contribution < 1.29 is 23.1 Å². The summed E-state index contributed by atoms with van der Waals surface area (Å²) < 4.78 is 24.8. The number of rotatable bonds is 4. The van der Waals surface area contributed by atoms with Gasteiger partial charge in [-0.15, -0.1) is 0 Å². The number of ether oxygens (including phenoxy) is 1. The second-order valence-electron chi connectivity index (χ2n) is 5.78. The average molecular weight is 420 g/mol. The first-order valence-corrected chi connectivity index (χ1v) is 8.57. The lowest BCUT2D eigenvalue weighted by Crippen LogP contribution is -2.21. The van der Waals surface area contributed by atoms with Gasteiger partial charge in [-0.2, -0.15) is 0 Å². The summed E-state index contributed by atoms with van der Waals surface area (Å²) in [5.74, 6) is -2.00. The molecule has 0 atom stereocenters. The van der Waals surface area contributed by atoms with Crippen LogP contribution in [0.15, 0.2) is 45.3 Å². The van der Waals surface area contributed by atoms with Crippen LogP contribution in [-0.2, 0) is 9.53 Å². The summed E-state index contributed by atoms with van der Waals surface area (Å²) in [4.78, 5) is 24.2. The Hall–Kier alpha value is -2.67. The molecule has 0 unspecified atom stereocenters. The molecule has 0 fully saturated rings. The van der Waals surface area contributed by atoms with Gasteiger partial charge in [0.2, 0.25) is 5.76 Å². The molecule has 134 valence electrons. The van der Waals surface area contributed by atoms with Crippen molar-refractivity contribution in [3.8, 4) is 0 Å². The van der Waals surface area contributed by atoms with Crippen molar-refractivity contribution in [3.63, 3.8) is 0 Å². The Morgan fingerprint density at radius 2 is 2.00 bits per heavy atom. The first kappa shape index (κ1) is 18.1. The van der Waals surface area contributed by atoms with Gasteiger partial charge in [0.1, 0.15) is 0 Å². The molecule has 0 saturated heterocycles. The molecule has 3 aromatic rings.